The maximum absolute atomic E-state index is 12.0. The fourth-order valence-corrected chi connectivity index (χ4v) is 3.00. The molecule has 0 aromatic rings. The number of aliphatic hydroxyl groups excluding tert-OH is 1. The maximum Gasteiger partial charge on any atom is 0.373 e. The molecular weight excluding hydrogens is 344 g/mol. The van der Waals surface area contributed by atoms with Crippen molar-refractivity contribution in [3.8, 4) is 0 Å². The minimum atomic E-state index is -0.862. The number of hydrogen-bond acceptors (Lipinski definition) is 5. The van der Waals surface area contributed by atoms with Crippen LogP contribution in [0.3, 0.4) is 0 Å². The second kappa shape index (κ2) is 17.9. The Balaban J connectivity index is 4.02. The number of aliphatic hydroxyl groups is 1. The second-order valence-electron chi connectivity index (χ2n) is 6.91. The first-order chi connectivity index (χ1) is 13.1. The molecule has 0 rings (SSSR count). The van der Waals surface area contributed by atoms with Crippen molar-refractivity contribution >= 4 is 11.9 Å². The van der Waals surface area contributed by atoms with Crippen molar-refractivity contribution < 1.29 is 24.2 Å². The van der Waals surface area contributed by atoms with Crippen LogP contribution in [-0.4, -0.2) is 30.3 Å². The predicted molar refractivity (Wildman–Crippen MR) is 109 cm³/mol. The van der Waals surface area contributed by atoms with Gasteiger partial charge in [0.2, 0.25) is 5.76 Å². The average molecular weight is 385 g/mol. The number of carbonyl (C=O) groups excluding carboxylic acids is 2. The maximum atomic E-state index is 12.0. The molecule has 27 heavy (non-hydrogen) atoms. The molecule has 158 valence electrons. The van der Waals surface area contributed by atoms with Crippen LogP contribution < -0.4 is 0 Å². The Bertz CT molecular complexity index is 428. The predicted octanol–water partition coefficient (Wildman–Crippen LogP) is 6.02. The monoisotopic (exact) mass is 384 g/mol. The topological polar surface area (TPSA) is 72.8 Å². The van der Waals surface area contributed by atoms with Crippen LogP contribution in [0.5, 0.6) is 0 Å². The third-order valence-corrected chi connectivity index (χ3v) is 4.56. The summed E-state index contributed by atoms with van der Waals surface area (Å²) in [4.78, 5) is 23.7. The highest BCUT2D eigenvalue weighted by Gasteiger charge is 2.22. The first-order valence-electron chi connectivity index (χ1n) is 10.8. The van der Waals surface area contributed by atoms with E-state index in [9.17, 15) is 14.7 Å². The summed E-state index contributed by atoms with van der Waals surface area (Å²) in [7, 11) is 0. The van der Waals surface area contributed by atoms with Crippen LogP contribution in [0.1, 0.15) is 104 Å². The zero-order valence-electron chi connectivity index (χ0n) is 17.7. The molecule has 5 heteroatoms. The number of ether oxygens (including phenoxy) is 2. The number of rotatable bonds is 17. The van der Waals surface area contributed by atoms with E-state index in [-0.39, 0.29) is 18.8 Å². The van der Waals surface area contributed by atoms with Crippen molar-refractivity contribution in [2.24, 2.45) is 0 Å². The van der Waals surface area contributed by atoms with Crippen molar-refractivity contribution in [3.63, 3.8) is 0 Å². The number of carbonyl (C=O) groups is 2. The normalized spacial score (nSPS) is 11.8. The minimum absolute atomic E-state index is 0.0300. The average Bonchev–Trinajstić information content (AvgIpc) is 2.65. The van der Waals surface area contributed by atoms with Gasteiger partial charge in [-0.2, -0.15) is 0 Å². The largest absolute Gasteiger partial charge is 0.501 e. The van der Waals surface area contributed by atoms with Crippen LogP contribution in [-0.2, 0) is 19.1 Å². The van der Waals surface area contributed by atoms with Gasteiger partial charge in [-0.15, -0.1) is 0 Å². The third-order valence-electron chi connectivity index (χ3n) is 4.56. The molecule has 5 nitrogen and oxygen atoms in total. The van der Waals surface area contributed by atoms with Gasteiger partial charge in [-0.05, 0) is 26.7 Å². The molecule has 0 atom stereocenters. The highest BCUT2D eigenvalue weighted by Crippen LogP contribution is 2.17. The molecule has 0 unspecified atom stereocenters. The first kappa shape index (κ1) is 25.5. The Morgan fingerprint density at radius 1 is 0.630 bits per heavy atom. The first-order valence-corrected chi connectivity index (χ1v) is 10.8. The van der Waals surface area contributed by atoms with Gasteiger partial charge in [-0.1, -0.05) is 77.6 Å². The highest BCUT2D eigenvalue weighted by molar-refractivity contribution is 5.98. The Morgan fingerprint density at radius 2 is 1.04 bits per heavy atom. The van der Waals surface area contributed by atoms with Crippen molar-refractivity contribution in [2.45, 2.75) is 104 Å². The standard InChI is InChI=1S/C22H40O5/c1-4-7-8-9-10-11-12-13-14-15-16-17-18-19(21(24)26-5-2)20(23)22(25)27-6-3/h23H,4-18H2,1-3H3/b20-19-. The molecule has 1 N–H and O–H groups in total. The van der Waals surface area contributed by atoms with E-state index >= 15 is 0 Å². The molecule has 0 saturated carbocycles. The lowest BCUT2D eigenvalue weighted by molar-refractivity contribution is -0.144. The second-order valence-corrected chi connectivity index (χ2v) is 6.91. The fourth-order valence-electron chi connectivity index (χ4n) is 3.00. The summed E-state index contributed by atoms with van der Waals surface area (Å²) in [5, 5.41) is 9.99. The van der Waals surface area contributed by atoms with E-state index in [4.69, 9.17) is 9.47 Å². The van der Waals surface area contributed by atoms with Gasteiger partial charge in [-0.25, -0.2) is 9.59 Å². The van der Waals surface area contributed by atoms with Crippen molar-refractivity contribution in [3.05, 3.63) is 11.3 Å². The van der Waals surface area contributed by atoms with Gasteiger partial charge < -0.3 is 14.6 Å². The Labute approximate surface area is 165 Å². The summed E-state index contributed by atoms with van der Waals surface area (Å²) < 4.78 is 9.72. The Kier molecular flexibility index (Phi) is 16.9. The molecule has 0 aliphatic carbocycles. The van der Waals surface area contributed by atoms with Gasteiger partial charge in [0.25, 0.3) is 0 Å². The van der Waals surface area contributed by atoms with E-state index in [1.54, 1.807) is 13.8 Å². The summed E-state index contributed by atoms with van der Waals surface area (Å²) in [5.41, 5.74) is 0.0300. The molecule has 0 amide bonds. The fraction of sp³-hybridized carbons (Fsp3) is 0.818. The van der Waals surface area contributed by atoms with E-state index in [0.29, 0.717) is 6.42 Å². The zero-order chi connectivity index (χ0) is 20.3. The quantitative estimate of drug-likeness (QED) is 0.144. The van der Waals surface area contributed by atoms with Crippen LogP contribution in [0.4, 0.5) is 0 Å². The van der Waals surface area contributed by atoms with Crippen LogP contribution >= 0.6 is 0 Å². The molecule has 0 aromatic carbocycles. The smallest absolute Gasteiger partial charge is 0.373 e. The lowest BCUT2D eigenvalue weighted by atomic mass is 10.0. The molecule has 0 aromatic heterocycles. The lowest BCUT2D eigenvalue weighted by Gasteiger charge is -2.10. The highest BCUT2D eigenvalue weighted by atomic mass is 16.5. The molecule has 0 fully saturated rings. The Hall–Kier alpha value is -1.52. The molecule has 0 spiro atoms. The molecule has 0 bridgehead atoms. The van der Waals surface area contributed by atoms with Crippen molar-refractivity contribution in [2.75, 3.05) is 13.2 Å². The summed E-state index contributed by atoms with van der Waals surface area (Å²) in [6.45, 7) is 5.94. The van der Waals surface area contributed by atoms with Crippen LogP contribution in [0.2, 0.25) is 0 Å². The van der Waals surface area contributed by atoms with Gasteiger partial charge in [0.05, 0.1) is 18.8 Å². The van der Waals surface area contributed by atoms with Crippen LogP contribution in [0, 0.1) is 0 Å². The SMILES string of the molecule is CCCCCCCCCCCCCC/C(C(=O)OCC)=C(/O)C(=O)OCC. The zero-order valence-corrected chi connectivity index (χ0v) is 17.7. The van der Waals surface area contributed by atoms with Crippen LogP contribution in [0.15, 0.2) is 11.3 Å². The number of hydrogen-bond donors (Lipinski definition) is 1. The van der Waals surface area contributed by atoms with Gasteiger partial charge in [0, 0.05) is 0 Å². The van der Waals surface area contributed by atoms with Crippen molar-refractivity contribution in [1.82, 2.24) is 0 Å². The molecule has 0 aliphatic rings. The summed E-state index contributed by atoms with van der Waals surface area (Å²) in [6.07, 6.45) is 14.9. The number of unbranched alkanes of at least 4 members (excludes halogenated alkanes) is 11. The van der Waals surface area contributed by atoms with E-state index in [1.807, 2.05) is 0 Å². The molecule has 0 saturated heterocycles. The summed E-state index contributed by atoms with van der Waals surface area (Å²) in [6, 6.07) is 0. The molecular formula is C22H40O5. The molecule has 0 heterocycles. The van der Waals surface area contributed by atoms with Crippen molar-refractivity contribution in [1.29, 1.82) is 0 Å². The van der Waals surface area contributed by atoms with E-state index in [1.165, 1.54) is 57.8 Å². The third kappa shape index (κ3) is 13.3. The number of esters is 2. The lowest BCUT2D eigenvalue weighted by Crippen LogP contribution is -2.16. The Morgan fingerprint density at radius 3 is 1.48 bits per heavy atom. The minimum Gasteiger partial charge on any atom is -0.501 e. The summed E-state index contributed by atoms with van der Waals surface area (Å²) in [5.74, 6) is -2.11. The van der Waals surface area contributed by atoms with Gasteiger partial charge >= 0.3 is 11.9 Å². The summed E-state index contributed by atoms with van der Waals surface area (Å²) >= 11 is 0. The van der Waals surface area contributed by atoms with E-state index in [0.717, 1.165) is 19.3 Å². The van der Waals surface area contributed by atoms with Gasteiger partial charge in [0.15, 0.2) is 0 Å². The molecule has 0 aliphatic heterocycles. The van der Waals surface area contributed by atoms with Gasteiger partial charge in [0.1, 0.15) is 0 Å². The van der Waals surface area contributed by atoms with E-state index < -0.39 is 17.7 Å². The molecule has 0 radical (unpaired) electrons. The van der Waals surface area contributed by atoms with Gasteiger partial charge in [-0.3, -0.25) is 0 Å². The van der Waals surface area contributed by atoms with E-state index in [2.05, 4.69) is 6.92 Å². The van der Waals surface area contributed by atoms with Crippen LogP contribution in [0.25, 0.3) is 0 Å².